The second-order valence-corrected chi connectivity index (χ2v) is 6.78. The molecule has 2 rings (SSSR count). The lowest BCUT2D eigenvalue weighted by molar-refractivity contribution is 0.530. The maximum absolute atomic E-state index is 6.13. The summed E-state index contributed by atoms with van der Waals surface area (Å²) in [6, 6.07) is 10.6. The highest BCUT2D eigenvalue weighted by Gasteiger charge is 2.15. The van der Waals surface area contributed by atoms with Crippen LogP contribution in [0.3, 0.4) is 0 Å². The molecule has 19 heavy (non-hydrogen) atoms. The van der Waals surface area contributed by atoms with Crippen LogP contribution in [0, 0.1) is 0 Å². The second kappa shape index (κ2) is 7.44. The van der Waals surface area contributed by atoms with E-state index in [0.717, 1.165) is 28.9 Å². The van der Waals surface area contributed by atoms with Gasteiger partial charge in [0.25, 0.3) is 0 Å². The highest BCUT2D eigenvalue weighted by molar-refractivity contribution is 9.10. The van der Waals surface area contributed by atoms with Crippen LogP contribution in [0.15, 0.2) is 40.2 Å². The van der Waals surface area contributed by atoms with Crippen LogP contribution in [0.2, 0.25) is 5.02 Å². The van der Waals surface area contributed by atoms with Gasteiger partial charge >= 0.3 is 0 Å². The molecular formula is C15H17BrClNS. The fraction of sp³-hybridized carbons (Fsp3) is 0.333. The summed E-state index contributed by atoms with van der Waals surface area (Å²) < 4.78 is 1.11. The highest BCUT2D eigenvalue weighted by Crippen LogP contribution is 2.29. The summed E-state index contributed by atoms with van der Waals surface area (Å²) in [5.74, 6) is 0. The van der Waals surface area contributed by atoms with Crippen molar-refractivity contribution in [2.24, 2.45) is 0 Å². The van der Waals surface area contributed by atoms with Gasteiger partial charge in [-0.1, -0.05) is 40.5 Å². The van der Waals surface area contributed by atoms with Gasteiger partial charge in [0.15, 0.2) is 0 Å². The van der Waals surface area contributed by atoms with Gasteiger partial charge in [0.1, 0.15) is 0 Å². The van der Waals surface area contributed by atoms with Crippen LogP contribution in [0.4, 0.5) is 0 Å². The van der Waals surface area contributed by atoms with E-state index in [1.165, 1.54) is 10.4 Å². The molecule has 0 bridgehead atoms. The van der Waals surface area contributed by atoms with Gasteiger partial charge in [0, 0.05) is 26.8 Å². The summed E-state index contributed by atoms with van der Waals surface area (Å²) in [5.41, 5.74) is 1.23. The van der Waals surface area contributed by atoms with Crippen LogP contribution in [0.5, 0.6) is 0 Å². The van der Waals surface area contributed by atoms with Crippen molar-refractivity contribution in [3.05, 3.63) is 55.6 Å². The SMILES string of the molecule is CCCNC(Cc1cccs1)c1cc(Cl)ccc1Br. The molecule has 1 heterocycles. The van der Waals surface area contributed by atoms with Crippen molar-refractivity contribution < 1.29 is 0 Å². The van der Waals surface area contributed by atoms with Gasteiger partial charge in [-0.2, -0.15) is 0 Å². The standard InChI is InChI=1S/C15H17BrClNS/c1-2-7-18-15(10-12-4-3-8-19-12)13-9-11(17)5-6-14(13)16/h3-6,8-9,15,18H,2,7,10H2,1H3. The normalized spacial score (nSPS) is 12.6. The van der Waals surface area contributed by atoms with Gasteiger partial charge in [-0.25, -0.2) is 0 Å². The zero-order valence-electron chi connectivity index (χ0n) is 10.8. The van der Waals surface area contributed by atoms with Gasteiger partial charge < -0.3 is 5.32 Å². The third kappa shape index (κ3) is 4.32. The molecule has 0 aliphatic heterocycles. The van der Waals surface area contributed by atoms with Gasteiger partial charge in [-0.3, -0.25) is 0 Å². The Morgan fingerprint density at radius 3 is 2.89 bits per heavy atom. The van der Waals surface area contributed by atoms with Crippen LogP contribution in [-0.2, 0) is 6.42 Å². The first-order valence-corrected chi connectivity index (χ1v) is 8.46. The van der Waals surface area contributed by atoms with Crippen LogP contribution < -0.4 is 5.32 Å². The minimum atomic E-state index is 0.298. The zero-order valence-corrected chi connectivity index (χ0v) is 14.0. The number of nitrogens with one attached hydrogen (secondary N) is 1. The van der Waals surface area contributed by atoms with Gasteiger partial charge in [-0.15, -0.1) is 11.3 Å². The molecule has 0 saturated heterocycles. The molecule has 1 aromatic heterocycles. The maximum Gasteiger partial charge on any atom is 0.0410 e. The lowest BCUT2D eigenvalue weighted by Gasteiger charge is -2.20. The number of halogens is 2. The fourth-order valence-electron chi connectivity index (χ4n) is 2.02. The van der Waals surface area contributed by atoms with Crippen LogP contribution in [0.25, 0.3) is 0 Å². The molecule has 0 amide bonds. The first-order chi connectivity index (χ1) is 9.20. The summed E-state index contributed by atoms with van der Waals surface area (Å²) in [5, 5.41) is 6.52. The van der Waals surface area contributed by atoms with Gasteiger partial charge in [-0.05, 0) is 48.2 Å². The zero-order chi connectivity index (χ0) is 13.7. The van der Waals surface area contributed by atoms with E-state index >= 15 is 0 Å². The molecular weight excluding hydrogens is 342 g/mol. The first kappa shape index (κ1) is 15.0. The maximum atomic E-state index is 6.13. The van der Waals surface area contributed by atoms with Crippen LogP contribution in [-0.4, -0.2) is 6.54 Å². The minimum Gasteiger partial charge on any atom is -0.310 e. The lowest BCUT2D eigenvalue weighted by Crippen LogP contribution is -2.24. The van der Waals surface area contributed by atoms with Crippen LogP contribution in [0.1, 0.15) is 29.8 Å². The summed E-state index contributed by atoms with van der Waals surface area (Å²) in [7, 11) is 0. The second-order valence-electron chi connectivity index (χ2n) is 4.46. The van der Waals surface area contributed by atoms with Crippen molar-refractivity contribution in [3.63, 3.8) is 0 Å². The van der Waals surface area contributed by atoms with Crippen molar-refractivity contribution in [1.82, 2.24) is 5.32 Å². The number of hydrogen-bond donors (Lipinski definition) is 1. The number of rotatable bonds is 6. The summed E-state index contributed by atoms with van der Waals surface area (Å²) in [4.78, 5) is 1.39. The predicted octanol–water partition coefficient (Wildman–Crippen LogP) is 5.45. The van der Waals surface area contributed by atoms with E-state index in [0.29, 0.717) is 6.04 Å². The molecule has 1 unspecified atom stereocenters. The molecule has 0 spiro atoms. The Bertz CT molecular complexity index is 513. The number of thiophene rings is 1. The van der Waals surface area contributed by atoms with Crippen molar-refractivity contribution in [2.75, 3.05) is 6.54 Å². The average molecular weight is 359 g/mol. The summed E-state index contributed by atoms with van der Waals surface area (Å²) >= 11 is 11.6. The first-order valence-electron chi connectivity index (χ1n) is 6.41. The van der Waals surface area contributed by atoms with E-state index in [9.17, 15) is 0 Å². The molecule has 1 nitrogen and oxygen atoms in total. The largest absolute Gasteiger partial charge is 0.310 e. The highest BCUT2D eigenvalue weighted by atomic mass is 79.9. The minimum absolute atomic E-state index is 0.298. The van der Waals surface area contributed by atoms with Crippen molar-refractivity contribution in [1.29, 1.82) is 0 Å². The molecule has 0 saturated carbocycles. The molecule has 0 fully saturated rings. The topological polar surface area (TPSA) is 12.0 Å². The van der Waals surface area contributed by atoms with Gasteiger partial charge in [0.2, 0.25) is 0 Å². The number of benzene rings is 1. The third-order valence-electron chi connectivity index (χ3n) is 2.96. The van der Waals surface area contributed by atoms with E-state index in [-0.39, 0.29) is 0 Å². The Labute approximate surface area is 132 Å². The smallest absolute Gasteiger partial charge is 0.0410 e. The average Bonchev–Trinajstić information content (AvgIpc) is 2.90. The predicted molar refractivity (Wildman–Crippen MR) is 88.2 cm³/mol. The van der Waals surface area contributed by atoms with Crippen LogP contribution >= 0.6 is 38.9 Å². The summed E-state index contributed by atoms with van der Waals surface area (Å²) in [6.07, 6.45) is 2.12. The van der Waals surface area contributed by atoms with Crippen molar-refractivity contribution in [2.45, 2.75) is 25.8 Å². The molecule has 0 aliphatic rings. The molecule has 2 aromatic rings. The summed E-state index contributed by atoms with van der Waals surface area (Å²) in [6.45, 7) is 3.19. The Morgan fingerprint density at radius 2 is 2.21 bits per heavy atom. The third-order valence-corrected chi connectivity index (χ3v) is 4.82. The van der Waals surface area contributed by atoms with E-state index in [1.807, 2.05) is 18.2 Å². The van der Waals surface area contributed by atoms with E-state index < -0.39 is 0 Å². The molecule has 1 N–H and O–H groups in total. The molecule has 4 heteroatoms. The Hall–Kier alpha value is -0.350. The lowest BCUT2D eigenvalue weighted by atomic mass is 10.0. The van der Waals surface area contributed by atoms with Crippen molar-refractivity contribution >= 4 is 38.9 Å². The fourth-order valence-corrected chi connectivity index (χ4v) is 3.48. The molecule has 0 radical (unpaired) electrons. The Kier molecular flexibility index (Phi) is 5.89. The Morgan fingerprint density at radius 1 is 1.37 bits per heavy atom. The van der Waals surface area contributed by atoms with Gasteiger partial charge in [0.05, 0.1) is 0 Å². The van der Waals surface area contributed by atoms with E-state index in [4.69, 9.17) is 11.6 Å². The van der Waals surface area contributed by atoms with E-state index in [2.05, 4.69) is 45.7 Å². The van der Waals surface area contributed by atoms with Crippen molar-refractivity contribution in [3.8, 4) is 0 Å². The molecule has 102 valence electrons. The molecule has 1 atom stereocenters. The Balaban J connectivity index is 2.23. The monoisotopic (exact) mass is 357 g/mol. The quantitative estimate of drug-likeness (QED) is 0.724. The van der Waals surface area contributed by atoms with E-state index in [1.54, 1.807) is 11.3 Å². The number of hydrogen-bond acceptors (Lipinski definition) is 2. The molecule has 0 aliphatic carbocycles. The molecule has 1 aromatic carbocycles.